The summed E-state index contributed by atoms with van der Waals surface area (Å²) in [7, 11) is 2.24. The molecular weight excluding hydrogens is 1180 g/mol. The lowest BCUT2D eigenvalue weighted by Gasteiger charge is -2.43. The summed E-state index contributed by atoms with van der Waals surface area (Å²) in [5, 5.41) is 16.7. The van der Waals surface area contributed by atoms with Gasteiger partial charge in [-0.3, -0.25) is 28.8 Å². The zero-order valence-electron chi connectivity index (χ0n) is 54.6. The number of carbonyl (C=O) groups is 8. The molecule has 26 nitrogen and oxygen atoms in total. The number of unbranched alkanes of at least 4 members (excludes halogenated alkanes) is 6. The predicted octanol–water partition coefficient (Wildman–Crippen LogP) is 7.80. The average Bonchev–Trinajstić information content (AvgIpc) is 1.59. The van der Waals surface area contributed by atoms with E-state index in [1.54, 1.807) is 0 Å². The topological polar surface area (TPSA) is 309 Å². The zero-order valence-corrected chi connectivity index (χ0v) is 54.6. The van der Waals surface area contributed by atoms with Crippen molar-refractivity contribution in [3.8, 4) is 11.1 Å². The number of carbonyl (C=O) groups excluding carboxylic acids is 8. The minimum absolute atomic E-state index is 0.00806. The van der Waals surface area contributed by atoms with Gasteiger partial charge in [-0.25, -0.2) is 19.0 Å². The molecule has 0 amide bonds. The Morgan fingerprint density at radius 2 is 0.912 bits per heavy atom. The van der Waals surface area contributed by atoms with Crippen molar-refractivity contribution in [1.82, 2.24) is 30.0 Å². The highest BCUT2D eigenvalue weighted by atomic mass is 16.7. The van der Waals surface area contributed by atoms with Gasteiger partial charge in [0, 0.05) is 60.2 Å². The number of hydrogen-bond acceptors (Lipinski definition) is 24. The smallest absolute Gasteiger partial charge is 0.339 e. The second-order valence-corrected chi connectivity index (χ2v) is 25.3. The van der Waals surface area contributed by atoms with Gasteiger partial charge in [0.1, 0.15) is 5.69 Å². The summed E-state index contributed by atoms with van der Waals surface area (Å²) in [6, 6.07) is 14.1. The Morgan fingerprint density at radius 3 is 1.35 bits per heavy atom. The van der Waals surface area contributed by atoms with Crippen LogP contribution in [0.15, 0.2) is 48.8 Å². The zero-order chi connectivity index (χ0) is 66.5. The molecule has 2 aliphatic heterocycles. The van der Waals surface area contributed by atoms with Crippen LogP contribution >= 0.6 is 0 Å². The molecular formula is C65H88N6O20. The third kappa shape index (κ3) is 17.7. The van der Waals surface area contributed by atoms with E-state index in [0.29, 0.717) is 24.6 Å². The maximum atomic E-state index is 13.1. The van der Waals surface area contributed by atoms with Crippen molar-refractivity contribution in [1.29, 1.82) is 0 Å². The Balaban J connectivity index is 0.997. The summed E-state index contributed by atoms with van der Waals surface area (Å²) >= 11 is 0. The van der Waals surface area contributed by atoms with Gasteiger partial charge in [0.05, 0.1) is 45.5 Å². The van der Waals surface area contributed by atoms with E-state index in [1.807, 2.05) is 0 Å². The monoisotopic (exact) mass is 1270 g/mol. The molecule has 4 aromatic rings. The fraction of sp³-hybridized carbons (Fsp3) is 0.631. The number of rotatable bonds is 28. The minimum Gasteiger partial charge on any atom is -0.467 e. The summed E-state index contributed by atoms with van der Waals surface area (Å²) in [5.74, 6) is -6.62. The first-order chi connectivity index (χ1) is 43.1. The number of hydrogen-bond donors (Lipinski definition) is 0. The maximum Gasteiger partial charge on any atom is 0.339 e. The first-order valence-electron chi connectivity index (χ1n) is 30.8. The van der Waals surface area contributed by atoms with Crippen LogP contribution in [0.3, 0.4) is 0 Å². The van der Waals surface area contributed by atoms with Crippen LogP contribution < -0.4 is 0 Å². The van der Waals surface area contributed by atoms with Gasteiger partial charge in [0.2, 0.25) is 0 Å². The second kappa shape index (κ2) is 31.1. The normalized spacial score (nSPS) is 22.6. The Labute approximate surface area is 530 Å². The number of fused-ring (bicyclic) bond motifs is 3. The molecule has 0 radical (unpaired) electrons. The number of aromatic nitrogens is 6. The molecule has 498 valence electrons. The highest BCUT2D eigenvalue weighted by Gasteiger charge is 2.57. The van der Waals surface area contributed by atoms with E-state index >= 15 is 0 Å². The van der Waals surface area contributed by atoms with E-state index in [9.17, 15) is 38.4 Å². The van der Waals surface area contributed by atoms with E-state index in [2.05, 4.69) is 98.6 Å². The van der Waals surface area contributed by atoms with Gasteiger partial charge in [-0.15, -0.1) is 10.2 Å². The third-order valence-corrected chi connectivity index (χ3v) is 16.3. The van der Waals surface area contributed by atoms with Gasteiger partial charge in [-0.2, -0.15) is 0 Å². The van der Waals surface area contributed by atoms with E-state index < -0.39 is 109 Å². The minimum atomic E-state index is -1.60. The number of ether oxygens (including phenoxy) is 12. The number of benzene rings is 2. The molecule has 1 aliphatic carbocycles. The van der Waals surface area contributed by atoms with Crippen LogP contribution in [-0.2, 0) is 125 Å². The summed E-state index contributed by atoms with van der Waals surface area (Å²) < 4.78 is 69.9. The molecule has 2 aromatic heterocycles. The highest BCUT2D eigenvalue weighted by molar-refractivity contribution is 5.82. The molecule has 10 atom stereocenters. The lowest BCUT2D eigenvalue weighted by Crippen LogP contribution is -2.61. The van der Waals surface area contributed by atoms with Crippen LogP contribution in [0, 0.1) is 0 Å². The molecule has 3 aliphatic rings. The Hall–Kier alpha value is -7.68. The van der Waals surface area contributed by atoms with Gasteiger partial charge in [0.25, 0.3) is 0 Å². The maximum absolute atomic E-state index is 13.1. The Kier molecular flexibility index (Phi) is 24.2. The van der Waals surface area contributed by atoms with Crippen molar-refractivity contribution < 1.29 is 95.2 Å². The molecule has 10 unspecified atom stereocenters. The average molecular weight is 1270 g/mol. The van der Waals surface area contributed by atoms with Crippen molar-refractivity contribution >= 4 is 47.8 Å². The van der Waals surface area contributed by atoms with Gasteiger partial charge < -0.3 is 56.8 Å². The predicted molar refractivity (Wildman–Crippen MR) is 321 cm³/mol. The lowest BCUT2D eigenvalue weighted by molar-refractivity contribution is -0.265. The highest BCUT2D eigenvalue weighted by Crippen LogP contribution is 2.56. The molecule has 2 fully saturated rings. The standard InChI is InChI=1S/C65H88N6O20/c1-37(72)84-51-53(86-39(3)74)57(61(78)80-13)90-59(55(51)88-41(5)76)70-34-45(67-69-70)35-82-29-21-17-15-19-27-65(49-31-43(63(7,8)9)23-25-47(49)48-26-24-44(32-50(48)65)64(10,11)12)28-20-16-18-22-30-83-36-46-33-66-68-71(46)60-56(89-42(6)77)52(85-38(2)73)54(87-40(4)75)58(91-60)62(79)81-14/h23-26,31-34,51-60H,15-22,27-30,35-36H2,1-14H3. The fourth-order valence-corrected chi connectivity index (χ4v) is 12.1. The molecule has 7 rings (SSSR count). The van der Waals surface area contributed by atoms with Crippen LogP contribution in [-0.4, -0.2) is 154 Å². The molecule has 0 spiro atoms. The van der Waals surface area contributed by atoms with Crippen LogP contribution in [0.4, 0.5) is 0 Å². The van der Waals surface area contributed by atoms with Crippen molar-refractivity contribution in [3.63, 3.8) is 0 Å². The SMILES string of the molecule is COC(=O)C1OC(n2cc(COCCCCCCC3(CCCCCCOCc4cnnn4C4OC(C(=O)OC)C(OC(C)=O)C(OC(C)=O)C4OC(C)=O)c4cc(C(C)(C)C)ccc4-c4ccc(C(C)(C)C)cc43)nn2)C(OC(C)=O)C(OC(C)=O)C1OC(C)=O. The van der Waals surface area contributed by atoms with Crippen LogP contribution in [0.25, 0.3) is 11.1 Å². The van der Waals surface area contributed by atoms with Crippen molar-refractivity contribution in [2.24, 2.45) is 0 Å². The van der Waals surface area contributed by atoms with Crippen LogP contribution in [0.1, 0.15) is 193 Å². The molecule has 2 saturated heterocycles. The molecule has 26 heteroatoms. The molecule has 91 heavy (non-hydrogen) atoms. The Morgan fingerprint density at radius 1 is 0.505 bits per heavy atom. The summed E-state index contributed by atoms with van der Waals surface area (Å²) in [6.07, 6.45) is -2.90. The number of nitrogens with zero attached hydrogens (tertiary/aromatic N) is 6. The van der Waals surface area contributed by atoms with Crippen LogP contribution in [0.5, 0.6) is 0 Å². The van der Waals surface area contributed by atoms with Gasteiger partial charge >= 0.3 is 47.8 Å². The number of esters is 8. The third-order valence-electron chi connectivity index (χ3n) is 16.3. The van der Waals surface area contributed by atoms with E-state index in [1.165, 1.54) is 55.1 Å². The molecule has 4 heterocycles. The largest absolute Gasteiger partial charge is 0.467 e. The first-order valence-corrected chi connectivity index (χ1v) is 30.8. The van der Waals surface area contributed by atoms with E-state index in [0.717, 1.165) is 120 Å². The van der Waals surface area contributed by atoms with E-state index in [-0.39, 0.29) is 29.5 Å². The van der Waals surface area contributed by atoms with Gasteiger partial charge in [-0.05, 0) is 69.9 Å². The molecule has 0 saturated carbocycles. The van der Waals surface area contributed by atoms with E-state index in [4.69, 9.17) is 56.8 Å². The van der Waals surface area contributed by atoms with Crippen molar-refractivity contribution in [3.05, 3.63) is 82.4 Å². The number of methoxy groups -OCH3 is 2. The molecule has 2 aromatic carbocycles. The molecule has 0 bridgehead atoms. The van der Waals surface area contributed by atoms with Crippen molar-refractivity contribution in [2.75, 3.05) is 27.4 Å². The molecule has 0 N–H and O–H groups in total. The van der Waals surface area contributed by atoms with Gasteiger partial charge in [0.15, 0.2) is 61.3 Å². The van der Waals surface area contributed by atoms with Crippen molar-refractivity contribution in [2.45, 2.75) is 238 Å². The Bertz CT molecular complexity index is 3150. The fourth-order valence-electron chi connectivity index (χ4n) is 12.1. The lowest BCUT2D eigenvalue weighted by atomic mass is 9.69. The summed E-state index contributed by atoms with van der Waals surface area (Å²) in [4.78, 5) is 100. The summed E-state index contributed by atoms with van der Waals surface area (Å²) in [5.41, 5.74) is 8.23. The second-order valence-electron chi connectivity index (χ2n) is 25.3. The van der Waals surface area contributed by atoms with Gasteiger partial charge in [-0.1, -0.05) is 127 Å². The first kappa shape index (κ1) is 70.8. The van der Waals surface area contributed by atoms with Crippen LogP contribution in [0.2, 0.25) is 0 Å². The quantitative estimate of drug-likeness (QED) is 0.0297. The summed E-state index contributed by atoms with van der Waals surface area (Å²) in [6.45, 7) is 21.1.